The van der Waals surface area contributed by atoms with Crippen molar-refractivity contribution < 1.29 is 32.2 Å². The molecular weight excluding hydrogens is 327 g/mol. The number of alkyl halides is 3. The normalized spacial score (nSPS) is 21.2. The number of esters is 1. The first-order chi connectivity index (χ1) is 11.3. The zero-order valence-electron chi connectivity index (χ0n) is 13.1. The highest BCUT2D eigenvalue weighted by Crippen LogP contribution is 2.36. The van der Waals surface area contributed by atoms with Crippen LogP contribution in [0.25, 0.3) is 0 Å². The van der Waals surface area contributed by atoms with Crippen LogP contribution in [-0.4, -0.2) is 43.3 Å². The van der Waals surface area contributed by atoms with Crippen LogP contribution in [0.4, 0.5) is 18.0 Å². The van der Waals surface area contributed by atoms with Crippen molar-refractivity contribution in [3.8, 4) is 0 Å². The SMILES string of the molecule is COC(=O)[C@@H]1C[C@@H](C(F)(F)F)CN(C(=O)OCc2ccccc2)C1. The van der Waals surface area contributed by atoms with Gasteiger partial charge in [0.05, 0.1) is 18.9 Å². The van der Waals surface area contributed by atoms with Crippen molar-refractivity contribution >= 4 is 12.1 Å². The second-order valence-electron chi connectivity index (χ2n) is 5.64. The number of nitrogens with zero attached hydrogens (tertiary/aromatic N) is 1. The fourth-order valence-corrected chi connectivity index (χ4v) is 2.63. The summed E-state index contributed by atoms with van der Waals surface area (Å²) >= 11 is 0. The van der Waals surface area contributed by atoms with E-state index in [1.54, 1.807) is 30.3 Å². The fraction of sp³-hybridized carbons (Fsp3) is 0.500. The van der Waals surface area contributed by atoms with Gasteiger partial charge in [0.2, 0.25) is 0 Å². The lowest BCUT2D eigenvalue weighted by Crippen LogP contribution is -2.50. The van der Waals surface area contributed by atoms with E-state index >= 15 is 0 Å². The van der Waals surface area contributed by atoms with Gasteiger partial charge in [-0.05, 0) is 12.0 Å². The molecule has 1 aliphatic heterocycles. The number of amides is 1. The first-order valence-corrected chi connectivity index (χ1v) is 7.41. The number of hydrogen-bond acceptors (Lipinski definition) is 4. The molecule has 132 valence electrons. The Kier molecular flexibility index (Phi) is 5.69. The molecule has 8 heteroatoms. The summed E-state index contributed by atoms with van der Waals surface area (Å²) in [6.07, 6.45) is -5.76. The van der Waals surface area contributed by atoms with Gasteiger partial charge in [-0.15, -0.1) is 0 Å². The second-order valence-corrected chi connectivity index (χ2v) is 5.64. The van der Waals surface area contributed by atoms with Crippen molar-refractivity contribution in [3.63, 3.8) is 0 Å². The molecule has 1 heterocycles. The first-order valence-electron chi connectivity index (χ1n) is 7.41. The van der Waals surface area contributed by atoms with Crippen LogP contribution in [0.5, 0.6) is 0 Å². The van der Waals surface area contributed by atoms with Gasteiger partial charge < -0.3 is 14.4 Å². The number of ether oxygens (including phenoxy) is 2. The molecule has 0 unspecified atom stereocenters. The number of benzene rings is 1. The van der Waals surface area contributed by atoms with Crippen LogP contribution in [0.3, 0.4) is 0 Å². The molecule has 0 aromatic heterocycles. The minimum absolute atomic E-state index is 0.0459. The number of piperidine rings is 1. The lowest BCUT2D eigenvalue weighted by atomic mass is 9.89. The van der Waals surface area contributed by atoms with Gasteiger partial charge in [0.1, 0.15) is 6.61 Å². The van der Waals surface area contributed by atoms with E-state index in [2.05, 4.69) is 4.74 Å². The number of methoxy groups -OCH3 is 1. The molecule has 2 atom stereocenters. The molecule has 0 saturated carbocycles. The van der Waals surface area contributed by atoms with Crippen molar-refractivity contribution in [2.75, 3.05) is 20.2 Å². The second kappa shape index (κ2) is 7.55. The topological polar surface area (TPSA) is 55.8 Å². The Hall–Kier alpha value is -2.25. The quantitative estimate of drug-likeness (QED) is 0.791. The Labute approximate surface area is 137 Å². The molecule has 1 fully saturated rings. The van der Waals surface area contributed by atoms with E-state index < -0.39 is 43.0 Å². The van der Waals surface area contributed by atoms with Crippen LogP contribution in [0, 0.1) is 11.8 Å². The Morgan fingerprint density at radius 3 is 2.46 bits per heavy atom. The van der Waals surface area contributed by atoms with E-state index in [-0.39, 0.29) is 13.2 Å². The van der Waals surface area contributed by atoms with Gasteiger partial charge in [-0.3, -0.25) is 4.79 Å². The molecule has 0 N–H and O–H groups in total. The average molecular weight is 345 g/mol. The lowest BCUT2D eigenvalue weighted by Gasteiger charge is -2.36. The minimum atomic E-state index is -4.50. The molecular formula is C16H18F3NO4. The molecule has 0 spiro atoms. The zero-order valence-corrected chi connectivity index (χ0v) is 13.1. The van der Waals surface area contributed by atoms with E-state index in [1.165, 1.54) is 0 Å². The van der Waals surface area contributed by atoms with Crippen LogP contribution in [-0.2, 0) is 20.9 Å². The van der Waals surface area contributed by atoms with E-state index in [9.17, 15) is 22.8 Å². The van der Waals surface area contributed by atoms with Crippen molar-refractivity contribution in [2.45, 2.75) is 19.2 Å². The van der Waals surface area contributed by atoms with Crippen LogP contribution in [0.2, 0.25) is 0 Å². The molecule has 5 nitrogen and oxygen atoms in total. The summed E-state index contributed by atoms with van der Waals surface area (Å²) < 4.78 is 48.7. The van der Waals surface area contributed by atoms with Gasteiger partial charge in [0, 0.05) is 13.1 Å². The molecule has 0 aliphatic carbocycles. The number of carbonyl (C=O) groups excluding carboxylic acids is 2. The van der Waals surface area contributed by atoms with Gasteiger partial charge >= 0.3 is 18.2 Å². The fourth-order valence-electron chi connectivity index (χ4n) is 2.63. The molecule has 24 heavy (non-hydrogen) atoms. The van der Waals surface area contributed by atoms with Crippen LogP contribution in [0.1, 0.15) is 12.0 Å². The molecule has 1 saturated heterocycles. The van der Waals surface area contributed by atoms with Crippen LogP contribution in [0.15, 0.2) is 30.3 Å². The van der Waals surface area contributed by atoms with Crippen molar-refractivity contribution in [3.05, 3.63) is 35.9 Å². The largest absolute Gasteiger partial charge is 0.469 e. The lowest BCUT2D eigenvalue weighted by molar-refractivity contribution is -0.192. The highest BCUT2D eigenvalue weighted by Gasteiger charge is 2.47. The molecule has 1 aromatic carbocycles. The smallest absolute Gasteiger partial charge is 0.410 e. The van der Waals surface area contributed by atoms with E-state index in [0.29, 0.717) is 0 Å². The van der Waals surface area contributed by atoms with Gasteiger partial charge in [-0.1, -0.05) is 30.3 Å². The Balaban J connectivity index is 2.03. The molecule has 1 amide bonds. The van der Waals surface area contributed by atoms with Gasteiger partial charge in [0.25, 0.3) is 0 Å². The molecule has 0 bridgehead atoms. The van der Waals surface area contributed by atoms with Crippen LogP contribution >= 0.6 is 0 Å². The third kappa shape index (κ3) is 4.62. The monoisotopic (exact) mass is 345 g/mol. The summed E-state index contributed by atoms with van der Waals surface area (Å²) in [7, 11) is 1.11. The summed E-state index contributed by atoms with van der Waals surface area (Å²) in [5, 5.41) is 0. The maximum Gasteiger partial charge on any atom is 0.410 e. The van der Waals surface area contributed by atoms with Crippen molar-refractivity contribution in [1.29, 1.82) is 0 Å². The number of halogens is 3. The number of carbonyl (C=O) groups is 2. The summed E-state index contributed by atoms with van der Waals surface area (Å²) in [4.78, 5) is 24.6. The predicted molar refractivity (Wildman–Crippen MR) is 77.9 cm³/mol. The molecule has 1 aromatic rings. The molecule has 2 rings (SSSR count). The third-order valence-corrected chi connectivity index (χ3v) is 3.91. The Morgan fingerprint density at radius 1 is 1.21 bits per heavy atom. The maximum atomic E-state index is 13.0. The number of rotatable bonds is 3. The molecule has 0 radical (unpaired) electrons. The summed E-state index contributed by atoms with van der Waals surface area (Å²) in [5.74, 6) is -3.55. The van der Waals surface area contributed by atoms with E-state index in [0.717, 1.165) is 17.6 Å². The van der Waals surface area contributed by atoms with Gasteiger partial charge in [-0.2, -0.15) is 13.2 Å². The summed E-state index contributed by atoms with van der Waals surface area (Å²) in [5.41, 5.74) is 0.722. The number of hydrogen-bond donors (Lipinski definition) is 0. The van der Waals surface area contributed by atoms with Crippen LogP contribution < -0.4 is 0 Å². The average Bonchev–Trinajstić information content (AvgIpc) is 2.58. The third-order valence-electron chi connectivity index (χ3n) is 3.91. The molecule has 1 aliphatic rings. The number of likely N-dealkylation sites (tertiary alicyclic amines) is 1. The summed E-state index contributed by atoms with van der Waals surface area (Å²) in [6.45, 7) is -0.715. The van der Waals surface area contributed by atoms with E-state index in [4.69, 9.17) is 4.74 Å². The Morgan fingerprint density at radius 2 is 1.88 bits per heavy atom. The highest BCUT2D eigenvalue weighted by molar-refractivity contribution is 5.74. The standard InChI is InChI=1S/C16H18F3NO4/c1-23-14(21)12-7-13(16(17,18)19)9-20(8-12)15(22)24-10-11-5-3-2-4-6-11/h2-6,12-13H,7-10H2,1H3/t12-,13-/m1/s1. The van der Waals surface area contributed by atoms with E-state index in [1.807, 2.05) is 0 Å². The van der Waals surface area contributed by atoms with Crippen molar-refractivity contribution in [1.82, 2.24) is 4.90 Å². The highest BCUT2D eigenvalue weighted by atomic mass is 19.4. The van der Waals surface area contributed by atoms with Crippen molar-refractivity contribution in [2.24, 2.45) is 11.8 Å². The predicted octanol–water partition coefficient (Wildman–Crippen LogP) is 3.00. The minimum Gasteiger partial charge on any atom is -0.469 e. The zero-order chi connectivity index (χ0) is 17.7. The first kappa shape index (κ1) is 18.1. The Bertz CT molecular complexity index is 576. The summed E-state index contributed by atoms with van der Waals surface area (Å²) in [6, 6.07) is 8.79. The maximum absolute atomic E-state index is 13.0. The van der Waals surface area contributed by atoms with Gasteiger partial charge in [0.15, 0.2) is 0 Å². The van der Waals surface area contributed by atoms with Gasteiger partial charge in [-0.25, -0.2) is 4.79 Å².